The van der Waals surface area contributed by atoms with Gasteiger partial charge in [0, 0.05) is 6.42 Å². The fourth-order valence-electron chi connectivity index (χ4n) is 1.43. The monoisotopic (exact) mass is 300 g/mol. The number of hydrogen-bond acceptors (Lipinski definition) is 4. The van der Waals surface area contributed by atoms with Crippen LogP contribution in [0, 0.1) is 5.82 Å². The van der Waals surface area contributed by atoms with Gasteiger partial charge in [-0.05, 0) is 28.1 Å². The zero-order valence-electron chi connectivity index (χ0n) is 9.33. The zero-order valence-corrected chi connectivity index (χ0v) is 10.9. The molecule has 0 aliphatic rings. The number of hydrogen-bond donors (Lipinski definition) is 0. The summed E-state index contributed by atoms with van der Waals surface area (Å²) in [6, 6.07) is 2.62. The molecule has 2 rings (SSSR count). The number of aromatic nitrogens is 2. The molecular weight excluding hydrogens is 291 g/mol. The van der Waals surface area contributed by atoms with Gasteiger partial charge in [-0.15, -0.1) is 10.2 Å². The van der Waals surface area contributed by atoms with Gasteiger partial charge in [0.05, 0.1) is 17.1 Å². The van der Waals surface area contributed by atoms with E-state index in [1.807, 2.05) is 6.92 Å². The highest BCUT2D eigenvalue weighted by Gasteiger charge is 2.17. The van der Waals surface area contributed by atoms with Gasteiger partial charge in [0.25, 0.3) is 5.89 Å². The van der Waals surface area contributed by atoms with Gasteiger partial charge < -0.3 is 9.15 Å². The first kappa shape index (κ1) is 12.0. The van der Waals surface area contributed by atoms with Crippen LogP contribution in [0.1, 0.15) is 12.8 Å². The van der Waals surface area contributed by atoms with Gasteiger partial charge in [0.1, 0.15) is 11.6 Å². The number of ether oxygens (including phenoxy) is 1. The fourth-order valence-corrected chi connectivity index (χ4v) is 2.03. The molecule has 0 spiro atoms. The Kier molecular flexibility index (Phi) is 3.42. The molecule has 0 atom stereocenters. The minimum atomic E-state index is -0.399. The maximum Gasteiger partial charge on any atom is 0.251 e. The molecule has 1 aromatic heterocycles. The Balaban J connectivity index is 2.57. The van der Waals surface area contributed by atoms with Crippen molar-refractivity contribution in [3.05, 3.63) is 28.3 Å². The normalized spacial score (nSPS) is 10.6. The molecule has 0 saturated carbocycles. The van der Waals surface area contributed by atoms with Crippen LogP contribution in [0.3, 0.4) is 0 Å². The van der Waals surface area contributed by atoms with Gasteiger partial charge >= 0.3 is 0 Å². The largest absolute Gasteiger partial charge is 0.495 e. The Morgan fingerprint density at radius 1 is 1.41 bits per heavy atom. The molecule has 0 fully saturated rings. The summed E-state index contributed by atoms with van der Waals surface area (Å²) >= 11 is 3.22. The smallest absolute Gasteiger partial charge is 0.251 e. The van der Waals surface area contributed by atoms with Crippen molar-refractivity contribution >= 4 is 15.9 Å². The topological polar surface area (TPSA) is 48.2 Å². The number of nitrogens with zero attached hydrogens (tertiary/aromatic N) is 2. The van der Waals surface area contributed by atoms with Gasteiger partial charge in [-0.1, -0.05) is 6.92 Å². The summed E-state index contributed by atoms with van der Waals surface area (Å²) in [5.41, 5.74) is 0.437. The lowest BCUT2D eigenvalue weighted by Gasteiger charge is -2.07. The van der Waals surface area contributed by atoms with Crippen LogP contribution in [0.15, 0.2) is 21.0 Å². The molecule has 0 amide bonds. The molecule has 0 aliphatic carbocycles. The van der Waals surface area contributed by atoms with Crippen LogP contribution < -0.4 is 4.74 Å². The average molecular weight is 301 g/mol. The third kappa shape index (κ3) is 2.31. The Labute approximate surface area is 106 Å². The van der Waals surface area contributed by atoms with Gasteiger partial charge in [0.15, 0.2) is 0 Å². The van der Waals surface area contributed by atoms with Crippen molar-refractivity contribution in [2.75, 3.05) is 7.11 Å². The van der Waals surface area contributed by atoms with Gasteiger partial charge in [-0.3, -0.25) is 0 Å². The van der Waals surface area contributed by atoms with Crippen molar-refractivity contribution in [1.29, 1.82) is 0 Å². The third-order valence-electron chi connectivity index (χ3n) is 2.21. The van der Waals surface area contributed by atoms with Crippen LogP contribution in [0.25, 0.3) is 11.5 Å². The van der Waals surface area contributed by atoms with E-state index in [4.69, 9.17) is 9.15 Å². The molecule has 0 bridgehead atoms. The van der Waals surface area contributed by atoms with Crippen molar-refractivity contribution in [2.24, 2.45) is 0 Å². The van der Waals surface area contributed by atoms with E-state index in [0.717, 1.165) is 0 Å². The second kappa shape index (κ2) is 4.83. The molecule has 90 valence electrons. The molecule has 0 N–H and O–H groups in total. The summed E-state index contributed by atoms with van der Waals surface area (Å²) in [7, 11) is 1.50. The first-order valence-electron chi connectivity index (χ1n) is 5.01. The minimum Gasteiger partial charge on any atom is -0.495 e. The van der Waals surface area contributed by atoms with Gasteiger partial charge in [-0.2, -0.15) is 0 Å². The predicted molar refractivity (Wildman–Crippen MR) is 63.3 cm³/mol. The first-order valence-corrected chi connectivity index (χ1v) is 5.80. The Morgan fingerprint density at radius 2 is 2.18 bits per heavy atom. The quantitative estimate of drug-likeness (QED) is 0.873. The summed E-state index contributed by atoms with van der Waals surface area (Å²) in [5, 5.41) is 7.70. The number of benzene rings is 1. The molecular formula is C11H10BrFN2O2. The summed E-state index contributed by atoms with van der Waals surface area (Å²) in [5.74, 6) is 0.822. The van der Waals surface area contributed by atoms with Crippen molar-refractivity contribution in [2.45, 2.75) is 13.3 Å². The molecule has 4 nitrogen and oxygen atoms in total. The molecule has 0 unspecified atom stereocenters. The van der Waals surface area contributed by atoms with Crippen LogP contribution in [0.5, 0.6) is 5.75 Å². The van der Waals surface area contributed by atoms with E-state index in [0.29, 0.717) is 28.1 Å². The summed E-state index contributed by atoms with van der Waals surface area (Å²) in [6.45, 7) is 1.90. The Morgan fingerprint density at radius 3 is 2.76 bits per heavy atom. The summed E-state index contributed by atoms with van der Waals surface area (Å²) in [4.78, 5) is 0. The highest BCUT2D eigenvalue weighted by atomic mass is 79.9. The van der Waals surface area contributed by atoms with Gasteiger partial charge in [-0.25, -0.2) is 4.39 Å². The highest BCUT2D eigenvalue weighted by molar-refractivity contribution is 9.10. The Bertz CT molecular complexity index is 542. The second-order valence-corrected chi connectivity index (χ2v) is 4.18. The predicted octanol–water partition coefficient (Wildman–Crippen LogP) is 3.21. The summed E-state index contributed by atoms with van der Waals surface area (Å²) in [6.07, 6.45) is 0.631. The number of aryl methyl sites for hydroxylation is 1. The lowest BCUT2D eigenvalue weighted by atomic mass is 10.2. The van der Waals surface area contributed by atoms with Crippen molar-refractivity contribution in [1.82, 2.24) is 10.2 Å². The van der Waals surface area contributed by atoms with Crippen molar-refractivity contribution < 1.29 is 13.5 Å². The van der Waals surface area contributed by atoms with Crippen LogP contribution in [-0.4, -0.2) is 17.3 Å². The average Bonchev–Trinajstić information content (AvgIpc) is 2.76. The number of rotatable bonds is 3. The number of halogens is 2. The molecule has 6 heteroatoms. The molecule has 0 aliphatic heterocycles. The van der Waals surface area contributed by atoms with Crippen LogP contribution in [0.4, 0.5) is 4.39 Å². The van der Waals surface area contributed by atoms with Crippen LogP contribution in [-0.2, 0) is 6.42 Å². The lowest BCUT2D eigenvalue weighted by molar-refractivity contribution is 0.409. The van der Waals surface area contributed by atoms with Crippen LogP contribution in [0.2, 0.25) is 0 Å². The van der Waals surface area contributed by atoms with E-state index in [2.05, 4.69) is 26.1 Å². The molecule has 0 saturated heterocycles. The van der Waals surface area contributed by atoms with E-state index in [9.17, 15) is 4.39 Å². The first-order chi connectivity index (χ1) is 8.15. The van der Waals surface area contributed by atoms with E-state index >= 15 is 0 Å². The van der Waals surface area contributed by atoms with E-state index in [-0.39, 0.29) is 5.89 Å². The Hall–Kier alpha value is -1.43. The van der Waals surface area contributed by atoms with Gasteiger partial charge in [0.2, 0.25) is 5.89 Å². The molecule has 2 aromatic rings. The molecule has 1 aromatic carbocycles. The van der Waals surface area contributed by atoms with E-state index in [1.54, 1.807) is 0 Å². The number of methoxy groups -OCH3 is 1. The van der Waals surface area contributed by atoms with Crippen molar-refractivity contribution in [3.63, 3.8) is 0 Å². The standard InChI is InChI=1S/C11H10BrFN2O2/c1-3-9-14-15-11(17-9)7-4-6(13)5-8(12)10(7)16-2/h4-5H,3H2,1-2H3. The fraction of sp³-hybridized carbons (Fsp3) is 0.273. The molecule has 0 radical (unpaired) electrons. The van der Waals surface area contributed by atoms with Crippen molar-refractivity contribution in [3.8, 4) is 17.2 Å². The molecule has 1 heterocycles. The van der Waals surface area contributed by atoms with E-state index in [1.165, 1.54) is 19.2 Å². The highest BCUT2D eigenvalue weighted by Crippen LogP contribution is 2.36. The maximum atomic E-state index is 13.3. The molecule has 17 heavy (non-hydrogen) atoms. The minimum absolute atomic E-state index is 0.249. The van der Waals surface area contributed by atoms with Crippen LogP contribution >= 0.6 is 15.9 Å². The second-order valence-electron chi connectivity index (χ2n) is 3.32. The summed E-state index contributed by atoms with van der Waals surface area (Å²) < 4.78 is 24.4. The SMILES string of the molecule is CCc1nnc(-c2cc(F)cc(Br)c2OC)o1. The van der Waals surface area contributed by atoms with E-state index < -0.39 is 5.82 Å². The lowest BCUT2D eigenvalue weighted by Crippen LogP contribution is -1.91. The maximum absolute atomic E-state index is 13.3. The zero-order chi connectivity index (χ0) is 12.4. The third-order valence-corrected chi connectivity index (χ3v) is 2.80.